The highest BCUT2D eigenvalue weighted by Gasteiger charge is 2.32. The van der Waals surface area contributed by atoms with E-state index in [0.29, 0.717) is 6.32 Å². The van der Waals surface area contributed by atoms with Gasteiger partial charge in [0.1, 0.15) is 0 Å². The first kappa shape index (κ1) is 20.4. The van der Waals surface area contributed by atoms with Crippen molar-refractivity contribution in [2.75, 3.05) is 19.6 Å². The number of likely N-dealkylation sites (tertiary alicyclic amines) is 1. The largest absolute Gasteiger partial charge is 0.451 e. The van der Waals surface area contributed by atoms with Gasteiger partial charge in [-0.1, -0.05) is 43.2 Å². The molecule has 1 fully saturated rings. The Kier molecular flexibility index (Phi) is 8.39. The number of hydrogen-bond acceptors (Lipinski definition) is 5. The van der Waals surface area contributed by atoms with Crippen LogP contribution < -0.4 is 5.73 Å². The molecule has 6 heteroatoms. The molecular weight excluding hydrogens is 315 g/mol. The van der Waals surface area contributed by atoms with Crippen molar-refractivity contribution in [3.63, 3.8) is 0 Å². The van der Waals surface area contributed by atoms with E-state index in [0.717, 1.165) is 64.6 Å². The number of benzene rings is 1. The SMILES string of the molecule is NC(CCCCB(O)O)CCN1CCC(O)(Cc2ccccc2)CC1. The lowest BCUT2D eigenvalue weighted by atomic mass is 9.83. The van der Waals surface area contributed by atoms with E-state index in [-0.39, 0.29) is 6.04 Å². The molecule has 0 radical (unpaired) electrons. The highest BCUT2D eigenvalue weighted by atomic mass is 16.4. The molecule has 1 aromatic rings. The summed E-state index contributed by atoms with van der Waals surface area (Å²) in [6.45, 7) is 2.82. The van der Waals surface area contributed by atoms with Crippen molar-refractivity contribution < 1.29 is 15.2 Å². The molecule has 1 heterocycles. The van der Waals surface area contributed by atoms with Crippen LogP contribution in [0.15, 0.2) is 30.3 Å². The van der Waals surface area contributed by atoms with Crippen LogP contribution in [0.4, 0.5) is 0 Å². The first-order chi connectivity index (χ1) is 12.0. The summed E-state index contributed by atoms with van der Waals surface area (Å²) in [6.07, 6.45) is 6.42. The predicted octanol–water partition coefficient (Wildman–Crippen LogP) is 1.42. The Hall–Kier alpha value is -0.915. The third-order valence-electron chi connectivity index (χ3n) is 5.27. The molecule has 1 aliphatic heterocycles. The standard InChI is InChI=1S/C19H33BN2O3/c21-18(8-4-5-12-20(24)25)9-13-22-14-10-19(23,11-15-22)16-17-6-2-1-3-7-17/h1-3,6-7,18,23-25H,4-5,8-16,21H2. The highest BCUT2D eigenvalue weighted by molar-refractivity contribution is 6.40. The van der Waals surface area contributed by atoms with Gasteiger partial charge in [0.15, 0.2) is 0 Å². The Morgan fingerprint density at radius 2 is 1.76 bits per heavy atom. The molecule has 0 aliphatic carbocycles. The number of nitrogens with two attached hydrogens (primary N) is 1. The fourth-order valence-corrected chi connectivity index (χ4v) is 3.57. The van der Waals surface area contributed by atoms with Crippen LogP contribution in [0.1, 0.15) is 44.1 Å². The summed E-state index contributed by atoms with van der Waals surface area (Å²) in [5, 5.41) is 28.5. The minimum Gasteiger partial charge on any atom is -0.427 e. The zero-order valence-corrected chi connectivity index (χ0v) is 15.2. The first-order valence-electron chi connectivity index (χ1n) is 9.57. The molecule has 1 aromatic carbocycles. The number of hydrogen-bond donors (Lipinski definition) is 4. The van der Waals surface area contributed by atoms with E-state index >= 15 is 0 Å². The van der Waals surface area contributed by atoms with Gasteiger partial charge in [-0.15, -0.1) is 0 Å². The van der Waals surface area contributed by atoms with E-state index in [2.05, 4.69) is 17.0 Å². The maximum atomic E-state index is 10.8. The number of aliphatic hydroxyl groups is 1. The first-order valence-corrected chi connectivity index (χ1v) is 9.57. The van der Waals surface area contributed by atoms with Crippen molar-refractivity contribution in [2.45, 2.75) is 62.9 Å². The molecule has 0 aromatic heterocycles. The Balaban J connectivity index is 1.61. The third-order valence-corrected chi connectivity index (χ3v) is 5.27. The molecule has 1 saturated heterocycles. The zero-order valence-electron chi connectivity index (χ0n) is 15.2. The average Bonchev–Trinajstić information content (AvgIpc) is 2.59. The number of piperidine rings is 1. The summed E-state index contributed by atoms with van der Waals surface area (Å²) in [6, 6.07) is 10.4. The second kappa shape index (κ2) is 10.3. The van der Waals surface area contributed by atoms with Crippen molar-refractivity contribution >= 4 is 7.12 Å². The van der Waals surface area contributed by atoms with Gasteiger partial charge in [-0.2, -0.15) is 0 Å². The van der Waals surface area contributed by atoms with E-state index < -0.39 is 12.7 Å². The van der Waals surface area contributed by atoms with E-state index in [1.54, 1.807) is 0 Å². The Morgan fingerprint density at radius 3 is 2.40 bits per heavy atom. The van der Waals surface area contributed by atoms with Gasteiger partial charge in [-0.25, -0.2) is 0 Å². The molecule has 1 unspecified atom stereocenters. The van der Waals surface area contributed by atoms with Crippen LogP contribution in [-0.4, -0.2) is 58.5 Å². The number of rotatable bonds is 10. The molecule has 1 atom stereocenters. The smallest absolute Gasteiger partial charge is 0.427 e. The third kappa shape index (κ3) is 7.88. The molecule has 0 bridgehead atoms. The molecule has 140 valence electrons. The van der Waals surface area contributed by atoms with Gasteiger partial charge in [0.25, 0.3) is 0 Å². The van der Waals surface area contributed by atoms with Crippen LogP contribution in [0.25, 0.3) is 0 Å². The molecule has 0 amide bonds. The Bertz CT molecular complexity index is 479. The Morgan fingerprint density at radius 1 is 1.08 bits per heavy atom. The second-order valence-electron chi connectivity index (χ2n) is 7.54. The van der Waals surface area contributed by atoms with Gasteiger partial charge in [-0.05, 0) is 44.1 Å². The van der Waals surface area contributed by atoms with Crippen LogP contribution in [-0.2, 0) is 6.42 Å². The van der Waals surface area contributed by atoms with Crippen LogP contribution in [0, 0.1) is 0 Å². The summed E-state index contributed by atoms with van der Waals surface area (Å²) >= 11 is 0. The minimum absolute atomic E-state index is 0.168. The molecule has 5 N–H and O–H groups in total. The van der Waals surface area contributed by atoms with Gasteiger partial charge in [0.2, 0.25) is 0 Å². The lowest BCUT2D eigenvalue weighted by Crippen LogP contribution is -2.46. The second-order valence-corrected chi connectivity index (χ2v) is 7.54. The van der Waals surface area contributed by atoms with Crippen molar-refractivity contribution in [3.05, 3.63) is 35.9 Å². The minimum atomic E-state index is -1.20. The predicted molar refractivity (Wildman–Crippen MR) is 102 cm³/mol. The number of unbranched alkanes of at least 4 members (excludes halogenated alkanes) is 1. The van der Waals surface area contributed by atoms with Crippen molar-refractivity contribution in [1.82, 2.24) is 4.90 Å². The molecule has 2 rings (SSSR count). The summed E-state index contributed by atoms with van der Waals surface area (Å²) in [4.78, 5) is 2.40. The molecule has 1 aliphatic rings. The van der Waals surface area contributed by atoms with Crippen LogP contribution >= 0.6 is 0 Å². The van der Waals surface area contributed by atoms with Gasteiger partial charge in [-0.3, -0.25) is 0 Å². The van der Waals surface area contributed by atoms with Crippen molar-refractivity contribution in [2.24, 2.45) is 5.73 Å². The van der Waals surface area contributed by atoms with Gasteiger partial charge in [0.05, 0.1) is 5.60 Å². The van der Waals surface area contributed by atoms with Gasteiger partial charge in [0, 0.05) is 25.6 Å². The lowest BCUT2D eigenvalue weighted by molar-refractivity contribution is -0.0210. The van der Waals surface area contributed by atoms with E-state index in [4.69, 9.17) is 15.8 Å². The number of nitrogens with zero attached hydrogens (tertiary/aromatic N) is 1. The molecular formula is C19H33BN2O3. The fourth-order valence-electron chi connectivity index (χ4n) is 3.57. The van der Waals surface area contributed by atoms with Crippen LogP contribution in [0.3, 0.4) is 0 Å². The highest BCUT2D eigenvalue weighted by Crippen LogP contribution is 2.26. The molecule has 5 nitrogen and oxygen atoms in total. The average molecular weight is 348 g/mol. The lowest BCUT2D eigenvalue weighted by Gasteiger charge is -2.38. The van der Waals surface area contributed by atoms with Crippen LogP contribution in [0.5, 0.6) is 0 Å². The van der Waals surface area contributed by atoms with E-state index in [1.807, 2.05) is 18.2 Å². The molecule has 0 saturated carbocycles. The normalized spacial score (nSPS) is 18.9. The maximum Gasteiger partial charge on any atom is 0.451 e. The van der Waals surface area contributed by atoms with E-state index in [1.165, 1.54) is 5.56 Å². The maximum absolute atomic E-state index is 10.8. The fraction of sp³-hybridized carbons (Fsp3) is 0.684. The van der Waals surface area contributed by atoms with Crippen molar-refractivity contribution in [3.8, 4) is 0 Å². The van der Waals surface area contributed by atoms with Crippen molar-refractivity contribution in [1.29, 1.82) is 0 Å². The van der Waals surface area contributed by atoms with Gasteiger partial charge < -0.3 is 25.8 Å². The molecule has 25 heavy (non-hydrogen) atoms. The topological polar surface area (TPSA) is 90.0 Å². The summed E-state index contributed by atoms with van der Waals surface area (Å²) in [5.41, 5.74) is 6.79. The zero-order chi connectivity index (χ0) is 18.1. The Labute approximate surface area is 152 Å². The monoisotopic (exact) mass is 348 g/mol. The van der Waals surface area contributed by atoms with E-state index in [9.17, 15) is 5.11 Å². The van der Waals surface area contributed by atoms with Crippen LogP contribution in [0.2, 0.25) is 6.32 Å². The summed E-state index contributed by atoms with van der Waals surface area (Å²) in [5.74, 6) is 0. The summed E-state index contributed by atoms with van der Waals surface area (Å²) in [7, 11) is -1.20. The molecule has 0 spiro atoms. The summed E-state index contributed by atoms with van der Waals surface area (Å²) < 4.78 is 0. The van der Waals surface area contributed by atoms with Gasteiger partial charge >= 0.3 is 7.12 Å². The quantitative estimate of drug-likeness (QED) is 0.379.